The normalized spacial score (nSPS) is 24.9. The maximum absolute atomic E-state index is 12.3. The van der Waals surface area contributed by atoms with Crippen LogP contribution in [0.5, 0.6) is 0 Å². The summed E-state index contributed by atoms with van der Waals surface area (Å²) in [7, 11) is -3.51. The number of sulfonamides is 1. The first-order chi connectivity index (χ1) is 8.99. The highest BCUT2D eigenvalue weighted by atomic mass is 35.5. The molecule has 0 heterocycles. The molecule has 1 aliphatic carbocycles. The average molecular weight is 303 g/mol. The molecule has 1 aromatic carbocycles. The van der Waals surface area contributed by atoms with Gasteiger partial charge < -0.3 is 5.73 Å². The summed E-state index contributed by atoms with van der Waals surface area (Å²) in [6.07, 6.45) is 4.87. The molecule has 0 radical (unpaired) electrons. The van der Waals surface area contributed by atoms with Crippen LogP contribution in [-0.2, 0) is 10.0 Å². The highest BCUT2D eigenvalue weighted by molar-refractivity contribution is 7.89. The molecule has 2 rings (SSSR count). The van der Waals surface area contributed by atoms with Gasteiger partial charge in [0, 0.05) is 17.1 Å². The summed E-state index contributed by atoms with van der Waals surface area (Å²) in [6, 6.07) is 5.87. The second kappa shape index (κ2) is 6.22. The van der Waals surface area contributed by atoms with Crippen LogP contribution in [0, 0.1) is 0 Å². The summed E-state index contributed by atoms with van der Waals surface area (Å²) in [6.45, 7) is 0. The first-order valence-corrected chi connectivity index (χ1v) is 8.38. The van der Waals surface area contributed by atoms with E-state index >= 15 is 0 Å². The van der Waals surface area contributed by atoms with Crippen LogP contribution < -0.4 is 10.5 Å². The van der Waals surface area contributed by atoms with Gasteiger partial charge in [-0.15, -0.1) is 0 Å². The predicted molar refractivity (Wildman–Crippen MR) is 76.6 cm³/mol. The van der Waals surface area contributed by atoms with Gasteiger partial charge in [-0.1, -0.05) is 30.9 Å². The number of halogens is 1. The fourth-order valence-corrected chi connectivity index (χ4v) is 3.81. The van der Waals surface area contributed by atoms with E-state index in [2.05, 4.69) is 4.72 Å². The maximum atomic E-state index is 12.3. The third-order valence-corrected chi connectivity index (χ3v) is 5.26. The Morgan fingerprint density at radius 3 is 2.42 bits per heavy atom. The molecule has 6 heteroatoms. The fourth-order valence-electron chi connectivity index (χ4n) is 2.36. The van der Waals surface area contributed by atoms with Crippen molar-refractivity contribution in [3.63, 3.8) is 0 Å². The molecular formula is C13H19ClN2O2S. The molecule has 3 N–H and O–H groups in total. The monoisotopic (exact) mass is 302 g/mol. The van der Waals surface area contributed by atoms with Gasteiger partial charge in [0.15, 0.2) is 0 Å². The zero-order valence-corrected chi connectivity index (χ0v) is 12.3. The van der Waals surface area contributed by atoms with Crippen LogP contribution in [0.1, 0.15) is 32.1 Å². The van der Waals surface area contributed by atoms with Gasteiger partial charge in [0.1, 0.15) is 0 Å². The van der Waals surface area contributed by atoms with E-state index in [0.717, 1.165) is 32.1 Å². The van der Waals surface area contributed by atoms with Crippen molar-refractivity contribution in [2.24, 2.45) is 5.73 Å². The smallest absolute Gasteiger partial charge is 0.240 e. The van der Waals surface area contributed by atoms with E-state index < -0.39 is 10.0 Å². The number of hydrogen-bond acceptors (Lipinski definition) is 3. The molecule has 0 amide bonds. The molecule has 1 fully saturated rings. The lowest BCUT2D eigenvalue weighted by molar-refractivity contribution is 0.456. The molecule has 0 aromatic heterocycles. The van der Waals surface area contributed by atoms with E-state index in [4.69, 9.17) is 17.3 Å². The minimum absolute atomic E-state index is 0.107. The summed E-state index contributed by atoms with van der Waals surface area (Å²) in [5, 5.41) is 0.519. The van der Waals surface area contributed by atoms with Gasteiger partial charge in [0.2, 0.25) is 10.0 Å². The lowest BCUT2D eigenvalue weighted by Gasteiger charge is -2.22. The highest BCUT2D eigenvalue weighted by Gasteiger charge is 2.26. The number of nitrogens with one attached hydrogen (secondary N) is 1. The molecule has 106 valence electrons. The number of rotatable bonds is 3. The van der Waals surface area contributed by atoms with Crippen LogP contribution in [0.3, 0.4) is 0 Å². The Morgan fingerprint density at radius 1 is 1.11 bits per heavy atom. The third-order valence-electron chi connectivity index (χ3n) is 3.50. The van der Waals surface area contributed by atoms with Gasteiger partial charge in [-0.25, -0.2) is 13.1 Å². The molecule has 2 atom stereocenters. The van der Waals surface area contributed by atoms with Gasteiger partial charge in [0.25, 0.3) is 0 Å². The van der Waals surface area contributed by atoms with E-state index in [1.807, 2.05) is 0 Å². The summed E-state index contributed by atoms with van der Waals surface area (Å²) >= 11 is 5.76. The van der Waals surface area contributed by atoms with Crippen molar-refractivity contribution in [2.45, 2.75) is 49.1 Å². The first-order valence-electron chi connectivity index (χ1n) is 6.52. The van der Waals surface area contributed by atoms with Gasteiger partial charge in [-0.2, -0.15) is 0 Å². The lowest BCUT2D eigenvalue weighted by atomic mass is 10.1. The molecule has 0 bridgehead atoms. The Labute approximate surface area is 119 Å². The molecule has 2 unspecified atom stereocenters. The van der Waals surface area contributed by atoms with Crippen LogP contribution >= 0.6 is 11.6 Å². The molecular weight excluding hydrogens is 284 g/mol. The van der Waals surface area contributed by atoms with E-state index in [-0.39, 0.29) is 17.0 Å². The lowest BCUT2D eigenvalue weighted by Crippen LogP contribution is -2.46. The van der Waals surface area contributed by atoms with E-state index in [9.17, 15) is 8.42 Å². The molecule has 1 aromatic rings. The Morgan fingerprint density at radius 2 is 1.74 bits per heavy atom. The Balaban J connectivity index is 2.13. The molecule has 4 nitrogen and oxygen atoms in total. The van der Waals surface area contributed by atoms with Gasteiger partial charge in [-0.05, 0) is 37.1 Å². The van der Waals surface area contributed by atoms with E-state index in [1.54, 1.807) is 12.1 Å². The number of nitrogens with two attached hydrogens (primary N) is 1. The van der Waals surface area contributed by atoms with Crippen molar-refractivity contribution >= 4 is 21.6 Å². The maximum Gasteiger partial charge on any atom is 0.240 e. The van der Waals surface area contributed by atoms with Gasteiger partial charge in [-0.3, -0.25) is 0 Å². The van der Waals surface area contributed by atoms with E-state index in [1.165, 1.54) is 12.1 Å². The van der Waals surface area contributed by atoms with Crippen LogP contribution in [0.4, 0.5) is 0 Å². The first kappa shape index (κ1) is 14.8. The molecule has 1 aliphatic rings. The molecule has 0 spiro atoms. The van der Waals surface area contributed by atoms with Crippen molar-refractivity contribution in [2.75, 3.05) is 0 Å². The number of benzene rings is 1. The van der Waals surface area contributed by atoms with Gasteiger partial charge >= 0.3 is 0 Å². The Kier molecular flexibility index (Phi) is 4.84. The summed E-state index contributed by atoms with van der Waals surface area (Å²) in [5.74, 6) is 0. The quantitative estimate of drug-likeness (QED) is 0.841. The largest absolute Gasteiger partial charge is 0.326 e. The fraction of sp³-hybridized carbons (Fsp3) is 0.538. The third kappa shape index (κ3) is 3.92. The van der Waals surface area contributed by atoms with Crippen molar-refractivity contribution in [1.29, 1.82) is 0 Å². The average Bonchev–Trinajstić information content (AvgIpc) is 2.55. The molecule has 0 aliphatic heterocycles. The standard InChI is InChI=1S/C13H19ClN2O2S/c14-10-6-8-11(9-7-10)19(17,18)16-13-5-3-1-2-4-12(13)15/h6-9,12-13,16H,1-5,15H2. The predicted octanol–water partition coefficient (Wildman–Crippen LogP) is 2.28. The molecule has 19 heavy (non-hydrogen) atoms. The molecule has 1 saturated carbocycles. The Bertz CT molecular complexity index is 516. The zero-order valence-electron chi connectivity index (χ0n) is 10.7. The van der Waals surface area contributed by atoms with Crippen molar-refractivity contribution < 1.29 is 8.42 Å². The van der Waals surface area contributed by atoms with E-state index in [0.29, 0.717) is 5.02 Å². The van der Waals surface area contributed by atoms with Gasteiger partial charge in [0.05, 0.1) is 4.90 Å². The van der Waals surface area contributed by atoms with Crippen LogP contribution in [0.2, 0.25) is 5.02 Å². The minimum atomic E-state index is -3.51. The highest BCUT2D eigenvalue weighted by Crippen LogP contribution is 2.20. The second-order valence-corrected chi connectivity index (χ2v) is 7.13. The van der Waals surface area contributed by atoms with Crippen LogP contribution in [0.25, 0.3) is 0 Å². The zero-order chi connectivity index (χ0) is 13.9. The minimum Gasteiger partial charge on any atom is -0.326 e. The Hall–Kier alpha value is -0.620. The topological polar surface area (TPSA) is 72.2 Å². The van der Waals surface area contributed by atoms with Crippen molar-refractivity contribution in [3.05, 3.63) is 29.3 Å². The second-order valence-electron chi connectivity index (χ2n) is 4.98. The summed E-state index contributed by atoms with van der Waals surface area (Å²) in [5.41, 5.74) is 6.04. The SMILES string of the molecule is NC1CCCCCC1NS(=O)(=O)c1ccc(Cl)cc1. The van der Waals surface area contributed by atoms with Crippen molar-refractivity contribution in [3.8, 4) is 0 Å². The van der Waals surface area contributed by atoms with Crippen LogP contribution in [0.15, 0.2) is 29.2 Å². The summed E-state index contributed by atoms with van der Waals surface area (Å²) in [4.78, 5) is 0.230. The summed E-state index contributed by atoms with van der Waals surface area (Å²) < 4.78 is 27.2. The molecule has 0 saturated heterocycles. The van der Waals surface area contributed by atoms with Crippen LogP contribution in [-0.4, -0.2) is 20.5 Å². The number of hydrogen-bond donors (Lipinski definition) is 2. The van der Waals surface area contributed by atoms with Crippen molar-refractivity contribution in [1.82, 2.24) is 4.72 Å².